The summed E-state index contributed by atoms with van der Waals surface area (Å²) < 4.78 is 67.8. The van der Waals surface area contributed by atoms with Crippen LogP contribution in [0.15, 0.2) is 59.5 Å². The summed E-state index contributed by atoms with van der Waals surface area (Å²) in [6.45, 7) is 0. The number of hydrogen-bond donors (Lipinski definition) is 0. The first-order valence-corrected chi connectivity index (χ1v) is 7.96. The minimum atomic E-state index is -4.47. The fraction of sp³-hybridized carbons (Fsp3) is 0.200. The lowest BCUT2D eigenvalue weighted by molar-refractivity contribution is -0.137. The van der Waals surface area contributed by atoms with E-state index < -0.39 is 33.1 Å². The van der Waals surface area contributed by atoms with Crippen LogP contribution < -0.4 is 0 Å². The number of epoxide rings is 1. The lowest BCUT2D eigenvalue weighted by atomic mass is 10.1. The molecule has 7 heteroatoms. The summed E-state index contributed by atoms with van der Waals surface area (Å²) in [6.07, 6.45) is -5.34. The number of sulfone groups is 1. The van der Waals surface area contributed by atoms with Crippen molar-refractivity contribution < 1.29 is 26.3 Å². The molecule has 1 heterocycles. The van der Waals surface area contributed by atoms with Gasteiger partial charge in [-0.1, -0.05) is 30.3 Å². The largest absolute Gasteiger partial charge is 0.416 e. The maximum atomic E-state index is 12.7. The van der Waals surface area contributed by atoms with Crippen LogP contribution in [0.3, 0.4) is 0 Å². The normalized spacial score (nSPS) is 21.6. The van der Waals surface area contributed by atoms with Crippen LogP contribution >= 0.6 is 0 Å². The van der Waals surface area contributed by atoms with Crippen LogP contribution in [0.2, 0.25) is 0 Å². The fourth-order valence-corrected chi connectivity index (χ4v) is 3.76. The monoisotopic (exact) mass is 328 g/mol. The summed E-state index contributed by atoms with van der Waals surface area (Å²) in [4.78, 5) is 0.0921. The van der Waals surface area contributed by atoms with Gasteiger partial charge in [-0.2, -0.15) is 13.2 Å². The van der Waals surface area contributed by atoms with E-state index in [4.69, 9.17) is 4.74 Å². The highest BCUT2D eigenvalue weighted by Crippen LogP contribution is 2.45. The van der Waals surface area contributed by atoms with Gasteiger partial charge in [-0.15, -0.1) is 0 Å². The summed E-state index contributed by atoms with van der Waals surface area (Å²) in [6, 6.07) is 12.2. The SMILES string of the molecule is O=S(=O)(c1ccccc1)[C@@H]1O[C@H]1c1cccc(C(F)(F)F)c1. The van der Waals surface area contributed by atoms with Crippen molar-refractivity contribution >= 4 is 9.84 Å². The van der Waals surface area contributed by atoms with Gasteiger partial charge in [0.1, 0.15) is 6.10 Å². The van der Waals surface area contributed by atoms with E-state index in [1.807, 2.05) is 0 Å². The van der Waals surface area contributed by atoms with Crippen molar-refractivity contribution in [3.05, 3.63) is 65.7 Å². The molecule has 1 aliphatic rings. The van der Waals surface area contributed by atoms with Gasteiger partial charge in [0, 0.05) is 0 Å². The van der Waals surface area contributed by atoms with Crippen LogP contribution in [0, 0.1) is 0 Å². The maximum absolute atomic E-state index is 12.7. The average Bonchev–Trinajstić information content (AvgIpc) is 3.29. The molecular formula is C15H11F3O3S. The van der Waals surface area contributed by atoms with E-state index in [1.54, 1.807) is 18.2 Å². The first kappa shape index (κ1) is 15.1. The minimum Gasteiger partial charge on any atom is -0.347 e. The predicted octanol–water partition coefficient (Wildman–Crippen LogP) is 3.58. The van der Waals surface area contributed by atoms with Crippen molar-refractivity contribution in [2.75, 3.05) is 0 Å². The molecule has 0 radical (unpaired) electrons. The third-order valence-corrected chi connectivity index (χ3v) is 5.27. The highest BCUT2D eigenvalue weighted by atomic mass is 32.2. The van der Waals surface area contributed by atoms with E-state index in [2.05, 4.69) is 0 Å². The quantitative estimate of drug-likeness (QED) is 0.809. The average molecular weight is 328 g/mol. The number of ether oxygens (including phenoxy) is 1. The van der Waals surface area contributed by atoms with Gasteiger partial charge in [-0.05, 0) is 29.8 Å². The highest BCUT2D eigenvalue weighted by Gasteiger charge is 2.51. The number of halogens is 3. The van der Waals surface area contributed by atoms with Crippen LogP contribution in [0.4, 0.5) is 13.2 Å². The molecule has 0 bridgehead atoms. The molecule has 1 aliphatic heterocycles. The Morgan fingerprint density at radius 3 is 2.27 bits per heavy atom. The summed E-state index contributed by atoms with van der Waals surface area (Å²) in [5.74, 6) is 0. The van der Waals surface area contributed by atoms with Crippen molar-refractivity contribution in [3.8, 4) is 0 Å². The van der Waals surface area contributed by atoms with Crippen molar-refractivity contribution in [1.29, 1.82) is 0 Å². The first-order chi connectivity index (χ1) is 10.3. The van der Waals surface area contributed by atoms with E-state index in [0.717, 1.165) is 12.1 Å². The molecule has 0 amide bonds. The lowest BCUT2D eigenvalue weighted by Gasteiger charge is -2.07. The lowest BCUT2D eigenvalue weighted by Crippen LogP contribution is -2.10. The Hall–Kier alpha value is -1.86. The maximum Gasteiger partial charge on any atom is 0.416 e. The summed E-state index contributed by atoms with van der Waals surface area (Å²) in [5.41, 5.74) is -1.76. The number of alkyl halides is 3. The van der Waals surface area contributed by atoms with Crippen LogP contribution in [-0.2, 0) is 20.8 Å². The van der Waals surface area contributed by atoms with Crippen molar-refractivity contribution in [2.24, 2.45) is 0 Å². The molecule has 2 atom stereocenters. The van der Waals surface area contributed by atoms with E-state index in [1.165, 1.54) is 24.3 Å². The molecule has 22 heavy (non-hydrogen) atoms. The molecule has 3 nitrogen and oxygen atoms in total. The van der Waals surface area contributed by atoms with Gasteiger partial charge < -0.3 is 4.74 Å². The molecular weight excluding hydrogens is 317 g/mol. The Morgan fingerprint density at radius 1 is 0.955 bits per heavy atom. The number of rotatable bonds is 3. The second kappa shape index (κ2) is 5.10. The molecule has 0 saturated carbocycles. The van der Waals surface area contributed by atoms with Crippen LogP contribution in [-0.4, -0.2) is 13.9 Å². The topological polar surface area (TPSA) is 46.7 Å². The van der Waals surface area contributed by atoms with Crippen LogP contribution in [0.5, 0.6) is 0 Å². The zero-order valence-corrected chi connectivity index (χ0v) is 11.9. The Bertz CT molecular complexity index is 785. The van der Waals surface area contributed by atoms with E-state index >= 15 is 0 Å². The molecule has 0 spiro atoms. The van der Waals surface area contributed by atoms with Crippen molar-refractivity contribution in [3.63, 3.8) is 0 Å². The smallest absolute Gasteiger partial charge is 0.347 e. The molecule has 3 rings (SSSR count). The highest BCUT2D eigenvalue weighted by molar-refractivity contribution is 7.92. The molecule has 0 N–H and O–H groups in total. The van der Waals surface area contributed by atoms with E-state index in [0.29, 0.717) is 0 Å². The zero-order chi connectivity index (χ0) is 16.0. The predicted molar refractivity (Wildman–Crippen MR) is 72.7 cm³/mol. The van der Waals surface area contributed by atoms with Crippen LogP contribution in [0.25, 0.3) is 0 Å². The Morgan fingerprint density at radius 2 is 1.64 bits per heavy atom. The molecule has 0 unspecified atom stereocenters. The van der Waals surface area contributed by atoms with E-state index in [-0.39, 0.29) is 10.5 Å². The Balaban J connectivity index is 1.86. The Labute approximate surface area is 125 Å². The fourth-order valence-electron chi connectivity index (χ4n) is 2.21. The van der Waals surface area contributed by atoms with Crippen molar-refractivity contribution in [1.82, 2.24) is 0 Å². The summed E-state index contributed by atoms with van der Waals surface area (Å²) in [7, 11) is -3.71. The number of benzene rings is 2. The van der Waals surface area contributed by atoms with Gasteiger partial charge >= 0.3 is 6.18 Å². The van der Waals surface area contributed by atoms with Gasteiger partial charge in [-0.25, -0.2) is 8.42 Å². The summed E-state index contributed by atoms with van der Waals surface area (Å²) >= 11 is 0. The molecule has 1 saturated heterocycles. The molecule has 116 valence electrons. The van der Waals surface area contributed by atoms with Gasteiger partial charge in [0.15, 0.2) is 5.44 Å². The number of hydrogen-bond acceptors (Lipinski definition) is 3. The molecule has 0 aliphatic carbocycles. The molecule has 2 aromatic rings. The van der Waals surface area contributed by atoms with Crippen molar-refractivity contribution in [2.45, 2.75) is 22.6 Å². The molecule has 1 fully saturated rings. The zero-order valence-electron chi connectivity index (χ0n) is 11.1. The first-order valence-electron chi connectivity index (χ1n) is 6.42. The van der Waals surface area contributed by atoms with Gasteiger partial charge in [0.25, 0.3) is 0 Å². The van der Waals surface area contributed by atoms with Gasteiger partial charge in [-0.3, -0.25) is 0 Å². The van der Waals surface area contributed by atoms with Crippen LogP contribution in [0.1, 0.15) is 17.2 Å². The molecule has 2 aromatic carbocycles. The second-order valence-corrected chi connectivity index (χ2v) is 6.93. The standard InChI is InChI=1S/C15H11F3O3S/c16-15(17,18)11-6-4-5-10(9-11)13-14(21-13)22(19,20)12-7-2-1-3-8-12/h1-9,13-14H/t13-,14-/m0/s1. The third kappa shape index (κ3) is 2.74. The van der Waals surface area contributed by atoms with Gasteiger partial charge in [0.05, 0.1) is 10.5 Å². The second-order valence-electron chi connectivity index (χ2n) is 4.91. The summed E-state index contributed by atoms with van der Waals surface area (Å²) in [5, 5.41) is 0. The van der Waals surface area contributed by atoms with Gasteiger partial charge in [0.2, 0.25) is 9.84 Å². The third-order valence-electron chi connectivity index (χ3n) is 3.37. The molecule has 0 aromatic heterocycles. The minimum absolute atomic E-state index is 0.0921. The Kier molecular flexibility index (Phi) is 3.49. The van der Waals surface area contributed by atoms with E-state index in [9.17, 15) is 21.6 Å².